The molecule has 21 heavy (non-hydrogen) atoms. The van der Waals surface area contributed by atoms with E-state index in [1.807, 2.05) is 32.2 Å². The minimum absolute atomic E-state index is 0.317. The molecule has 2 N–H and O–H groups in total. The van der Waals surface area contributed by atoms with Crippen LogP contribution in [0.15, 0.2) is 40.6 Å². The Bertz CT molecular complexity index is 696. The van der Waals surface area contributed by atoms with Crippen molar-refractivity contribution in [3.63, 3.8) is 0 Å². The Balaban J connectivity index is 2.14. The highest BCUT2D eigenvalue weighted by atomic mass is 35.5. The number of thiophene rings is 1. The van der Waals surface area contributed by atoms with E-state index in [0.29, 0.717) is 15.8 Å². The highest BCUT2D eigenvalue weighted by Gasteiger charge is 2.20. The highest BCUT2D eigenvalue weighted by Crippen LogP contribution is 2.24. The molecular weight excluding hydrogens is 328 g/mol. The molecule has 0 bridgehead atoms. The standard InChI is InChI=1S/C14H17ClN2O2S2/c1-10(11-3-5-12(15)6-4-11)17-21(18,19)14-8-7-13(20-14)9-16-2/h3-8,10,16-17H,9H2,1-2H3. The molecule has 0 fully saturated rings. The summed E-state index contributed by atoms with van der Waals surface area (Å²) >= 11 is 7.10. The van der Waals surface area contributed by atoms with Gasteiger partial charge in [0.15, 0.2) is 0 Å². The average molecular weight is 345 g/mol. The number of sulfonamides is 1. The van der Waals surface area contributed by atoms with Crippen molar-refractivity contribution in [3.8, 4) is 0 Å². The second-order valence-electron chi connectivity index (χ2n) is 4.65. The predicted octanol–water partition coefficient (Wildman–Crippen LogP) is 3.16. The van der Waals surface area contributed by atoms with Gasteiger partial charge in [-0.15, -0.1) is 11.3 Å². The van der Waals surface area contributed by atoms with Gasteiger partial charge in [-0.2, -0.15) is 0 Å². The van der Waals surface area contributed by atoms with Gasteiger partial charge in [-0.1, -0.05) is 23.7 Å². The molecule has 4 nitrogen and oxygen atoms in total. The van der Waals surface area contributed by atoms with Gasteiger partial charge in [0.2, 0.25) is 0 Å². The van der Waals surface area contributed by atoms with Crippen molar-refractivity contribution in [3.05, 3.63) is 51.9 Å². The molecule has 1 aromatic carbocycles. The molecule has 0 saturated carbocycles. The van der Waals surface area contributed by atoms with Crippen molar-refractivity contribution < 1.29 is 8.42 Å². The molecule has 0 aliphatic carbocycles. The van der Waals surface area contributed by atoms with Gasteiger partial charge < -0.3 is 5.32 Å². The molecule has 114 valence electrons. The fourth-order valence-electron chi connectivity index (χ4n) is 1.88. The second kappa shape index (κ2) is 6.89. The summed E-state index contributed by atoms with van der Waals surface area (Å²) in [5.41, 5.74) is 0.870. The van der Waals surface area contributed by atoms with Crippen LogP contribution >= 0.6 is 22.9 Å². The predicted molar refractivity (Wildman–Crippen MR) is 87.3 cm³/mol. The van der Waals surface area contributed by atoms with Gasteiger partial charge in [-0.05, 0) is 43.8 Å². The first-order chi connectivity index (χ1) is 9.92. The van der Waals surface area contributed by atoms with Crippen LogP contribution in [0.5, 0.6) is 0 Å². The third-order valence-corrected chi connectivity index (χ3v) is 6.32. The molecule has 1 heterocycles. The molecule has 7 heteroatoms. The normalized spacial score (nSPS) is 13.3. The summed E-state index contributed by atoms with van der Waals surface area (Å²) in [6.45, 7) is 2.47. The molecule has 0 radical (unpaired) electrons. The van der Waals surface area contributed by atoms with Crippen LogP contribution in [0.25, 0.3) is 0 Å². The number of rotatable bonds is 6. The van der Waals surface area contributed by atoms with Crippen LogP contribution in [0.3, 0.4) is 0 Å². The highest BCUT2D eigenvalue weighted by molar-refractivity contribution is 7.91. The van der Waals surface area contributed by atoms with Gasteiger partial charge in [-0.3, -0.25) is 0 Å². The molecule has 1 atom stereocenters. The van der Waals surface area contributed by atoms with Crippen molar-refractivity contribution in [1.82, 2.24) is 10.0 Å². The second-order valence-corrected chi connectivity index (χ2v) is 8.19. The molecule has 0 aliphatic heterocycles. The summed E-state index contributed by atoms with van der Waals surface area (Å²) in [5.74, 6) is 0. The van der Waals surface area contributed by atoms with E-state index in [4.69, 9.17) is 11.6 Å². The number of hydrogen-bond donors (Lipinski definition) is 2. The van der Waals surface area contributed by atoms with Crippen LogP contribution < -0.4 is 10.0 Å². The maximum atomic E-state index is 12.4. The maximum absolute atomic E-state index is 12.4. The molecule has 2 rings (SSSR count). The molecule has 0 saturated heterocycles. The van der Waals surface area contributed by atoms with E-state index in [0.717, 1.165) is 10.4 Å². The minimum Gasteiger partial charge on any atom is -0.315 e. The third kappa shape index (κ3) is 4.28. The van der Waals surface area contributed by atoms with Crippen molar-refractivity contribution in [2.75, 3.05) is 7.05 Å². The zero-order chi connectivity index (χ0) is 15.5. The van der Waals surface area contributed by atoms with Gasteiger partial charge in [0.05, 0.1) is 0 Å². The number of benzene rings is 1. The van der Waals surface area contributed by atoms with Crippen molar-refractivity contribution in [2.24, 2.45) is 0 Å². The van der Waals surface area contributed by atoms with Crippen molar-refractivity contribution >= 4 is 33.0 Å². The quantitative estimate of drug-likeness (QED) is 0.846. The van der Waals surface area contributed by atoms with Gasteiger partial charge in [-0.25, -0.2) is 13.1 Å². The number of halogens is 1. The summed E-state index contributed by atoms with van der Waals surface area (Å²) < 4.78 is 27.7. The summed E-state index contributed by atoms with van der Waals surface area (Å²) in [7, 11) is -1.68. The van der Waals surface area contributed by atoms with E-state index in [9.17, 15) is 8.42 Å². The van der Waals surface area contributed by atoms with E-state index in [1.165, 1.54) is 11.3 Å². The van der Waals surface area contributed by atoms with Crippen LogP contribution in [0, 0.1) is 0 Å². The van der Waals surface area contributed by atoms with Gasteiger partial charge >= 0.3 is 0 Å². The van der Waals surface area contributed by atoms with Crippen LogP contribution in [-0.2, 0) is 16.6 Å². The SMILES string of the molecule is CNCc1ccc(S(=O)(=O)NC(C)c2ccc(Cl)cc2)s1. The smallest absolute Gasteiger partial charge is 0.250 e. The Morgan fingerprint density at radius 3 is 2.48 bits per heavy atom. The van der Waals surface area contributed by atoms with Crippen LogP contribution in [-0.4, -0.2) is 15.5 Å². The lowest BCUT2D eigenvalue weighted by molar-refractivity contribution is 0.569. The zero-order valence-corrected chi connectivity index (χ0v) is 14.1. The number of hydrogen-bond acceptors (Lipinski definition) is 4. The molecule has 0 aliphatic rings. The lowest BCUT2D eigenvalue weighted by atomic mass is 10.1. The molecule has 0 amide bonds. The fraction of sp³-hybridized carbons (Fsp3) is 0.286. The van der Waals surface area contributed by atoms with Gasteiger partial charge in [0.25, 0.3) is 10.0 Å². The minimum atomic E-state index is -3.51. The first-order valence-electron chi connectivity index (χ1n) is 6.43. The Morgan fingerprint density at radius 1 is 1.19 bits per heavy atom. The Hall–Kier alpha value is -0.920. The molecule has 2 aromatic rings. The summed E-state index contributed by atoms with van der Waals surface area (Å²) in [6.07, 6.45) is 0. The molecule has 1 unspecified atom stereocenters. The molecule has 1 aromatic heterocycles. The Labute approximate surface area is 134 Å². The van der Waals surface area contributed by atoms with E-state index in [-0.39, 0.29) is 6.04 Å². The largest absolute Gasteiger partial charge is 0.315 e. The van der Waals surface area contributed by atoms with Crippen molar-refractivity contribution in [1.29, 1.82) is 0 Å². The first kappa shape index (κ1) is 16.5. The van der Waals surface area contributed by atoms with Crippen LogP contribution in [0.4, 0.5) is 0 Å². The van der Waals surface area contributed by atoms with E-state index >= 15 is 0 Å². The average Bonchev–Trinajstić information content (AvgIpc) is 2.89. The van der Waals surface area contributed by atoms with E-state index in [2.05, 4.69) is 10.0 Å². The summed E-state index contributed by atoms with van der Waals surface area (Å²) in [6, 6.07) is 10.3. The number of nitrogens with one attached hydrogen (secondary N) is 2. The van der Waals surface area contributed by atoms with E-state index in [1.54, 1.807) is 18.2 Å². The maximum Gasteiger partial charge on any atom is 0.250 e. The van der Waals surface area contributed by atoms with Gasteiger partial charge in [0.1, 0.15) is 4.21 Å². The first-order valence-corrected chi connectivity index (χ1v) is 9.11. The van der Waals surface area contributed by atoms with Gasteiger partial charge in [0, 0.05) is 22.5 Å². The topological polar surface area (TPSA) is 58.2 Å². The lowest BCUT2D eigenvalue weighted by Crippen LogP contribution is -2.26. The van der Waals surface area contributed by atoms with Crippen LogP contribution in [0.1, 0.15) is 23.4 Å². The van der Waals surface area contributed by atoms with E-state index < -0.39 is 10.0 Å². The fourth-order valence-corrected chi connectivity index (χ4v) is 4.62. The molecular formula is C14H17ClN2O2S2. The monoisotopic (exact) mass is 344 g/mol. The zero-order valence-electron chi connectivity index (χ0n) is 11.8. The summed E-state index contributed by atoms with van der Waals surface area (Å²) in [4.78, 5) is 0.983. The Morgan fingerprint density at radius 2 is 1.86 bits per heavy atom. The Kier molecular flexibility index (Phi) is 5.40. The van der Waals surface area contributed by atoms with Crippen LogP contribution in [0.2, 0.25) is 5.02 Å². The lowest BCUT2D eigenvalue weighted by Gasteiger charge is -2.13. The third-order valence-electron chi connectivity index (χ3n) is 2.95. The summed E-state index contributed by atoms with van der Waals surface area (Å²) in [5, 5.41) is 3.63. The van der Waals surface area contributed by atoms with Crippen molar-refractivity contribution in [2.45, 2.75) is 23.7 Å². The molecule has 0 spiro atoms.